The summed E-state index contributed by atoms with van der Waals surface area (Å²) < 4.78 is 44.6. The number of hydrogen-bond donors (Lipinski definition) is 0. The number of carbonyl (C=O) groups is 1. The first-order chi connectivity index (χ1) is 10.2. The van der Waals surface area contributed by atoms with Gasteiger partial charge in [-0.2, -0.15) is 13.2 Å². The molecule has 7 heteroatoms. The summed E-state index contributed by atoms with van der Waals surface area (Å²) in [7, 11) is 0. The van der Waals surface area contributed by atoms with Crippen molar-refractivity contribution in [2.24, 2.45) is 0 Å². The van der Waals surface area contributed by atoms with Crippen LogP contribution in [0.5, 0.6) is 0 Å². The lowest BCUT2D eigenvalue weighted by Crippen LogP contribution is -2.19. The Morgan fingerprint density at radius 2 is 2.00 bits per heavy atom. The van der Waals surface area contributed by atoms with Crippen LogP contribution in [-0.2, 0) is 22.3 Å². The number of rotatable bonds is 3. The fraction of sp³-hybridized carbons (Fsp3) is 0.333. The molecule has 0 N–H and O–H groups in total. The van der Waals surface area contributed by atoms with E-state index >= 15 is 0 Å². The Kier molecular flexibility index (Phi) is 4.25. The number of esters is 1. The van der Waals surface area contributed by atoms with Gasteiger partial charge in [0.25, 0.3) is 0 Å². The van der Waals surface area contributed by atoms with Gasteiger partial charge < -0.3 is 9.30 Å². The SMILES string of the molecule is CCOC(=O)Cn1cc(C)c(=O)c2cc(C(F)(F)F)ccc21. The number of hydrogen-bond acceptors (Lipinski definition) is 3. The quantitative estimate of drug-likeness (QED) is 0.819. The Labute approximate surface area is 124 Å². The Morgan fingerprint density at radius 3 is 2.59 bits per heavy atom. The largest absolute Gasteiger partial charge is 0.465 e. The van der Waals surface area contributed by atoms with Gasteiger partial charge in [0.2, 0.25) is 0 Å². The highest BCUT2D eigenvalue weighted by Gasteiger charge is 2.31. The molecule has 118 valence electrons. The highest BCUT2D eigenvalue weighted by Crippen LogP contribution is 2.30. The van der Waals surface area contributed by atoms with Crippen molar-refractivity contribution in [3.05, 3.63) is 45.7 Å². The average molecular weight is 313 g/mol. The van der Waals surface area contributed by atoms with Crippen LogP contribution >= 0.6 is 0 Å². The van der Waals surface area contributed by atoms with Gasteiger partial charge in [-0.25, -0.2) is 0 Å². The minimum atomic E-state index is -4.53. The van der Waals surface area contributed by atoms with E-state index in [1.165, 1.54) is 23.8 Å². The van der Waals surface area contributed by atoms with Gasteiger partial charge in [0.1, 0.15) is 6.54 Å². The van der Waals surface area contributed by atoms with E-state index in [9.17, 15) is 22.8 Å². The molecule has 1 aromatic carbocycles. The molecule has 1 aromatic heterocycles. The van der Waals surface area contributed by atoms with Gasteiger partial charge in [-0.15, -0.1) is 0 Å². The first-order valence-electron chi connectivity index (χ1n) is 6.60. The molecule has 22 heavy (non-hydrogen) atoms. The number of carbonyl (C=O) groups excluding carboxylic acids is 1. The molecule has 2 aromatic rings. The predicted molar refractivity (Wildman–Crippen MR) is 74.6 cm³/mol. The zero-order valence-corrected chi connectivity index (χ0v) is 12.0. The third-order valence-corrected chi connectivity index (χ3v) is 3.19. The normalized spacial score (nSPS) is 11.7. The average Bonchev–Trinajstić information content (AvgIpc) is 2.43. The van der Waals surface area contributed by atoms with Crippen LogP contribution in [-0.4, -0.2) is 17.1 Å². The molecule has 0 fully saturated rings. The molecule has 0 atom stereocenters. The number of nitrogens with zero attached hydrogens (tertiary/aromatic N) is 1. The fourth-order valence-corrected chi connectivity index (χ4v) is 2.20. The summed E-state index contributed by atoms with van der Waals surface area (Å²) >= 11 is 0. The van der Waals surface area contributed by atoms with Crippen LogP contribution in [0.15, 0.2) is 29.2 Å². The number of aromatic nitrogens is 1. The molecule has 0 radical (unpaired) electrons. The molecule has 2 rings (SSSR count). The van der Waals surface area contributed by atoms with Gasteiger partial charge in [-0.3, -0.25) is 9.59 Å². The molecule has 0 unspecified atom stereocenters. The Hall–Kier alpha value is -2.31. The second-order valence-electron chi connectivity index (χ2n) is 4.80. The van der Waals surface area contributed by atoms with Crippen molar-refractivity contribution < 1.29 is 22.7 Å². The molecular weight excluding hydrogens is 299 g/mol. The van der Waals surface area contributed by atoms with Crippen molar-refractivity contribution in [2.45, 2.75) is 26.6 Å². The van der Waals surface area contributed by atoms with E-state index in [4.69, 9.17) is 4.74 Å². The number of benzene rings is 1. The lowest BCUT2D eigenvalue weighted by Gasteiger charge is -2.13. The van der Waals surface area contributed by atoms with Crippen molar-refractivity contribution in [3.63, 3.8) is 0 Å². The summed E-state index contributed by atoms with van der Waals surface area (Å²) in [6.07, 6.45) is -3.09. The van der Waals surface area contributed by atoms with Crippen LogP contribution in [0.3, 0.4) is 0 Å². The lowest BCUT2D eigenvalue weighted by atomic mass is 10.1. The number of halogens is 3. The van der Waals surface area contributed by atoms with Crippen LogP contribution in [0.1, 0.15) is 18.1 Å². The Balaban J connectivity index is 2.62. The second kappa shape index (κ2) is 5.82. The van der Waals surface area contributed by atoms with Crippen LogP contribution in [0, 0.1) is 6.92 Å². The van der Waals surface area contributed by atoms with E-state index in [1.54, 1.807) is 6.92 Å². The molecule has 0 saturated carbocycles. The topological polar surface area (TPSA) is 48.3 Å². The zero-order chi connectivity index (χ0) is 16.5. The van der Waals surface area contributed by atoms with E-state index in [1.807, 2.05) is 0 Å². The van der Waals surface area contributed by atoms with E-state index in [-0.39, 0.29) is 29.6 Å². The second-order valence-corrected chi connectivity index (χ2v) is 4.80. The maximum atomic E-state index is 12.8. The van der Waals surface area contributed by atoms with E-state index < -0.39 is 23.1 Å². The number of aryl methyl sites for hydroxylation is 1. The minimum Gasteiger partial charge on any atom is -0.465 e. The monoisotopic (exact) mass is 313 g/mol. The molecule has 0 aliphatic carbocycles. The molecule has 0 aliphatic rings. The fourth-order valence-electron chi connectivity index (χ4n) is 2.20. The third-order valence-electron chi connectivity index (χ3n) is 3.19. The van der Waals surface area contributed by atoms with Gasteiger partial charge >= 0.3 is 12.1 Å². The van der Waals surface area contributed by atoms with Gasteiger partial charge in [0, 0.05) is 17.1 Å². The zero-order valence-electron chi connectivity index (χ0n) is 12.0. The summed E-state index contributed by atoms with van der Waals surface area (Å²) in [6, 6.07) is 2.89. The highest BCUT2D eigenvalue weighted by atomic mass is 19.4. The molecule has 1 heterocycles. The van der Waals surface area contributed by atoms with Crippen molar-refractivity contribution in [2.75, 3.05) is 6.61 Å². The lowest BCUT2D eigenvalue weighted by molar-refractivity contribution is -0.143. The van der Waals surface area contributed by atoms with Gasteiger partial charge in [-0.05, 0) is 32.0 Å². The number of ether oxygens (including phenoxy) is 1. The smallest absolute Gasteiger partial charge is 0.416 e. The van der Waals surface area contributed by atoms with Crippen LogP contribution in [0.2, 0.25) is 0 Å². The van der Waals surface area contributed by atoms with Gasteiger partial charge in [0.05, 0.1) is 17.7 Å². The molecular formula is C15H14F3NO3. The van der Waals surface area contributed by atoms with Gasteiger partial charge in [0.15, 0.2) is 5.43 Å². The summed E-state index contributed by atoms with van der Waals surface area (Å²) in [5, 5.41) is -0.0703. The molecule has 0 amide bonds. The summed E-state index contributed by atoms with van der Waals surface area (Å²) in [4.78, 5) is 23.7. The molecule has 0 aliphatic heterocycles. The maximum Gasteiger partial charge on any atom is 0.416 e. The molecule has 0 bridgehead atoms. The van der Waals surface area contributed by atoms with Crippen molar-refractivity contribution in [3.8, 4) is 0 Å². The molecule has 4 nitrogen and oxygen atoms in total. The number of pyridine rings is 1. The maximum absolute atomic E-state index is 12.8. The van der Waals surface area contributed by atoms with Crippen LogP contribution in [0.25, 0.3) is 10.9 Å². The highest BCUT2D eigenvalue weighted by molar-refractivity contribution is 5.82. The Bertz CT molecular complexity index is 778. The van der Waals surface area contributed by atoms with E-state index in [0.717, 1.165) is 12.1 Å². The Morgan fingerprint density at radius 1 is 1.32 bits per heavy atom. The van der Waals surface area contributed by atoms with E-state index in [2.05, 4.69) is 0 Å². The van der Waals surface area contributed by atoms with Crippen molar-refractivity contribution in [1.82, 2.24) is 4.57 Å². The van der Waals surface area contributed by atoms with Crippen LogP contribution < -0.4 is 5.43 Å². The third kappa shape index (κ3) is 3.13. The van der Waals surface area contributed by atoms with Crippen LogP contribution in [0.4, 0.5) is 13.2 Å². The summed E-state index contributed by atoms with van der Waals surface area (Å²) in [6.45, 7) is 3.18. The predicted octanol–water partition coefficient (Wildman–Crippen LogP) is 2.89. The minimum absolute atomic E-state index is 0.0703. The molecule has 0 spiro atoms. The van der Waals surface area contributed by atoms with Crippen molar-refractivity contribution in [1.29, 1.82) is 0 Å². The number of fused-ring (bicyclic) bond motifs is 1. The molecule has 0 saturated heterocycles. The number of alkyl halides is 3. The summed E-state index contributed by atoms with van der Waals surface area (Å²) in [5.74, 6) is -0.522. The van der Waals surface area contributed by atoms with E-state index in [0.29, 0.717) is 0 Å². The summed E-state index contributed by atoms with van der Waals surface area (Å²) in [5.41, 5.74) is -0.862. The van der Waals surface area contributed by atoms with Crippen molar-refractivity contribution >= 4 is 16.9 Å². The first-order valence-corrected chi connectivity index (χ1v) is 6.60. The standard InChI is InChI=1S/C15H14F3NO3/c1-3-22-13(20)8-19-7-9(2)14(21)11-6-10(15(16,17)18)4-5-12(11)19/h4-7H,3,8H2,1-2H3. The van der Waals surface area contributed by atoms with Gasteiger partial charge in [-0.1, -0.05) is 0 Å². The first kappa shape index (κ1) is 16.1.